The molecule has 2 aliphatic rings. The van der Waals surface area contributed by atoms with Crippen LogP contribution >= 0.6 is 0 Å². The summed E-state index contributed by atoms with van der Waals surface area (Å²) in [5, 5.41) is 6.93. The number of para-hydroxylation sites is 1. The highest BCUT2D eigenvalue weighted by molar-refractivity contribution is 6.06. The van der Waals surface area contributed by atoms with Crippen LogP contribution in [0.5, 0.6) is 0 Å². The van der Waals surface area contributed by atoms with Crippen molar-refractivity contribution in [2.45, 2.75) is 44.9 Å². The zero-order valence-electron chi connectivity index (χ0n) is 16.3. The summed E-state index contributed by atoms with van der Waals surface area (Å²) < 4.78 is 6.51. The lowest BCUT2D eigenvalue weighted by atomic mass is 10.1. The molecule has 152 valence electrons. The number of anilines is 1. The second kappa shape index (κ2) is 8.16. The molecule has 0 radical (unpaired) electrons. The second-order valence-electron chi connectivity index (χ2n) is 7.51. The molecule has 1 fully saturated rings. The Hall–Kier alpha value is -3.00. The molecule has 2 aromatic rings. The monoisotopic (exact) mass is 396 g/mol. The standard InChI is InChI=1S/C21H24N4O4/c1-14-11-15-5-2-3-7-18(15)25(14)21(28)17-8-9-20(27)24(23-17)13-19(26)22-12-16-6-4-10-29-16/h2-3,5,7-9,14,16H,4,6,10-13H2,1H3,(H,22,26). The Labute approximate surface area is 168 Å². The van der Waals surface area contributed by atoms with Crippen LogP contribution in [-0.4, -0.2) is 46.9 Å². The average molecular weight is 396 g/mol. The minimum atomic E-state index is -0.427. The number of carbonyl (C=O) groups is 2. The van der Waals surface area contributed by atoms with Crippen molar-refractivity contribution in [3.63, 3.8) is 0 Å². The summed E-state index contributed by atoms with van der Waals surface area (Å²) in [6, 6.07) is 10.4. The SMILES string of the molecule is CC1Cc2ccccc2N1C(=O)c1ccc(=O)n(CC(=O)NCC2CCCO2)n1. The van der Waals surface area contributed by atoms with Crippen molar-refractivity contribution in [1.82, 2.24) is 15.1 Å². The maximum Gasteiger partial charge on any atom is 0.278 e. The number of nitrogens with one attached hydrogen (secondary N) is 1. The van der Waals surface area contributed by atoms with Gasteiger partial charge in [0.15, 0.2) is 0 Å². The van der Waals surface area contributed by atoms with Crippen LogP contribution in [0.2, 0.25) is 0 Å². The van der Waals surface area contributed by atoms with Crippen LogP contribution in [0.1, 0.15) is 35.8 Å². The van der Waals surface area contributed by atoms with Gasteiger partial charge in [-0.05, 0) is 43.9 Å². The van der Waals surface area contributed by atoms with Gasteiger partial charge in [0.05, 0.1) is 6.10 Å². The molecule has 1 aromatic carbocycles. The summed E-state index contributed by atoms with van der Waals surface area (Å²) in [5.41, 5.74) is 1.68. The van der Waals surface area contributed by atoms with E-state index in [0.29, 0.717) is 13.2 Å². The van der Waals surface area contributed by atoms with Gasteiger partial charge in [-0.3, -0.25) is 14.4 Å². The average Bonchev–Trinajstić information content (AvgIpc) is 3.34. The van der Waals surface area contributed by atoms with Crippen LogP contribution in [-0.2, 0) is 22.5 Å². The molecule has 2 atom stereocenters. The van der Waals surface area contributed by atoms with Crippen LogP contribution in [0.3, 0.4) is 0 Å². The van der Waals surface area contributed by atoms with Gasteiger partial charge in [0.1, 0.15) is 12.2 Å². The molecule has 0 bridgehead atoms. The quantitative estimate of drug-likeness (QED) is 0.818. The second-order valence-corrected chi connectivity index (χ2v) is 7.51. The smallest absolute Gasteiger partial charge is 0.278 e. The fraction of sp³-hybridized carbons (Fsp3) is 0.429. The zero-order chi connectivity index (χ0) is 20.4. The van der Waals surface area contributed by atoms with E-state index >= 15 is 0 Å². The van der Waals surface area contributed by atoms with Crippen molar-refractivity contribution < 1.29 is 14.3 Å². The minimum Gasteiger partial charge on any atom is -0.376 e. The number of aromatic nitrogens is 2. The number of rotatable bonds is 5. The topological polar surface area (TPSA) is 93.5 Å². The molecule has 3 heterocycles. The molecule has 0 aliphatic carbocycles. The van der Waals surface area contributed by atoms with Crippen molar-refractivity contribution in [1.29, 1.82) is 0 Å². The van der Waals surface area contributed by atoms with Crippen LogP contribution in [0.4, 0.5) is 5.69 Å². The molecule has 1 aromatic heterocycles. The van der Waals surface area contributed by atoms with Crippen LogP contribution in [0.15, 0.2) is 41.2 Å². The van der Waals surface area contributed by atoms with E-state index in [1.807, 2.05) is 31.2 Å². The van der Waals surface area contributed by atoms with Crippen molar-refractivity contribution in [3.8, 4) is 0 Å². The fourth-order valence-corrected chi connectivity index (χ4v) is 3.90. The number of hydrogen-bond donors (Lipinski definition) is 1. The number of fused-ring (bicyclic) bond motifs is 1. The Kier molecular flexibility index (Phi) is 5.44. The summed E-state index contributed by atoms with van der Waals surface area (Å²) in [5.74, 6) is -0.615. The highest BCUT2D eigenvalue weighted by Crippen LogP contribution is 2.32. The molecule has 2 unspecified atom stereocenters. The van der Waals surface area contributed by atoms with E-state index < -0.39 is 5.56 Å². The normalized spacial score (nSPS) is 20.5. The summed E-state index contributed by atoms with van der Waals surface area (Å²) in [6.45, 7) is 2.86. The van der Waals surface area contributed by atoms with Crippen molar-refractivity contribution >= 4 is 17.5 Å². The van der Waals surface area contributed by atoms with Gasteiger partial charge in [0.2, 0.25) is 5.91 Å². The van der Waals surface area contributed by atoms with E-state index in [2.05, 4.69) is 10.4 Å². The molecule has 0 spiro atoms. The number of benzene rings is 1. The molecular formula is C21H24N4O4. The number of carbonyl (C=O) groups excluding carboxylic acids is 2. The lowest BCUT2D eigenvalue weighted by Gasteiger charge is -2.22. The van der Waals surface area contributed by atoms with Gasteiger partial charge in [-0.2, -0.15) is 5.10 Å². The highest BCUT2D eigenvalue weighted by Gasteiger charge is 2.32. The Morgan fingerprint density at radius 3 is 2.86 bits per heavy atom. The van der Waals surface area contributed by atoms with Gasteiger partial charge in [-0.15, -0.1) is 0 Å². The molecular weight excluding hydrogens is 372 g/mol. The zero-order valence-corrected chi connectivity index (χ0v) is 16.3. The lowest BCUT2D eigenvalue weighted by Crippen LogP contribution is -2.40. The van der Waals surface area contributed by atoms with Crippen LogP contribution in [0.25, 0.3) is 0 Å². The summed E-state index contributed by atoms with van der Waals surface area (Å²) >= 11 is 0. The first-order valence-electron chi connectivity index (χ1n) is 9.91. The third-order valence-corrected chi connectivity index (χ3v) is 5.36. The maximum absolute atomic E-state index is 13.1. The number of amides is 2. The van der Waals surface area contributed by atoms with Gasteiger partial charge < -0.3 is 15.0 Å². The predicted octanol–water partition coefficient (Wildman–Crippen LogP) is 1.13. The Morgan fingerprint density at radius 2 is 2.07 bits per heavy atom. The summed E-state index contributed by atoms with van der Waals surface area (Å²) in [7, 11) is 0. The Balaban J connectivity index is 1.48. The van der Waals surface area contributed by atoms with Gasteiger partial charge in [-0.25, -0.2) is 4.68 Å². The molecule has 29 heavy (non-hydrogen) atoms. The number of nitrogens with zero attached hydrogens (tertiary/aromatic N) is 3. The fourth-order valence-electron chi connectivity index (χ4n) is 3.90. The molecule has 2 amide bonds. The first-order chi connectivity index (χ1) is 14.0. The minimum absolute atomic E-state index is 0.00297. The molecule has 4 rings (SSSR count). The largest absolute Gasteiger partial charge is 0.376 e. The van der Waals surface area contributed by atoms with Gasteiger partial charge in [0, 0.05) is 30.9 Å². The molecule has 8 nitrogen and oxygen atoms in total. The van der Waals surface area contributed by atoms with Gasteiger partial charge >= 0.3 is 0 Å². The lowest BCUT2D eigenvalue weighted by molar-refractivity contribution is -0.122. The molecule has 0 saturated carbocycles. The molecule has 1 N–H and O–H groups in total. The number of hydrogen-bond acceptors (Lipinski definition) is 5. The van der Waals surface area contributed by atoms with E-state index in [-0.39, 0.29) is 36.2 Å². The van der Waals surface area contributed by atoms with Crippen LogP contribution in [0, 0.1) is 0 Å². The predicted molar refractivity (Wildman–Crippen MR) is 107 cm³/mol. The summed E-state index contributed by atoms with van der Waals surface area (Å²) in [6.07, 6.45) is 2.70. The Morgan fingerprint density at radius 1 is 1.24 bits per heavy atom. The third kappa shape index (κ3) is 4.07. The van der Waals surface area contributed by atoms with Crippen molar-refractivity contribution in [2.75, 3.05) is 18.1 Å². The van der Waals surface area contributed by atoms with Gasteiger partial charge in [0.25, 0.3) is 11.5 Å². The molecule has 8 heteroatoms. The maximum atomic E-state index is 13.1. The van der Waals surface area contributed by atoms with Gasteiger partial charge in [-0.1, -0.05) is 18.2 Å². The highest BCUT2D eigenvalue weighted by atomic mass is 16.5. The first-order valence-corrected chi connectivity index (χ1v) is 9.91. The first kappa shape index (κ1) is 19.3. The van der Waals surface area contributed by atoms with E-state index in [1.165, 1.54) is 12.1 Å². The van der Waals surface area contributed by atoms with Crippen molar-refractivity contribution in [3.05, 3.63) is 58.0 Å². The van der Waals surface area contributed by atoms with E-state index in [4.69, 9.17) is 4.74 Å². The van der Waals surface area contributed by atoms with E-state index in [0.717, 1.165) is 35.2 Å². The molecule has 1 saturated heterocycles. The van der Waals surface area contributed by atoms with E-state index in [1.54, 1.807) is 4.90 Å². The van der Waals surface area contributed by atoms with Crippen molar-refractivity contribution in [2.24, 2.45) is 0 Å². The third-order valence-electron chi connectivity index (χ3n) is 5.36. The van der Waals surface area contributed by atoms with Crippen LogP contribution < -0.4 is 15.8 Å². The Bertz CT molecular complexity index is 981. The number of ether oxygens (including phenoxy) is 1. The molecule has 2 aliphatic heterocycles. The summed E-state index contributed by atoms with van der Waals surface area (Å²) in [4.78, 5) is 39.2. The van der Waals surface area contributed by atoms with E-state index in [9.17, 15) is 14.4 Å².